The molecular formula is C22H21N3O5. The molecule has 154 valence electrons. The van der Waals surface area contributed by atoms with E-state index in [2.05, 4.69) is 4.98 Å². The van der Waals surface area contributed by atoms with E-state index < -0.39 is 12.1 Å². The van der Waals surface area contributed by atoms with Crippen molar-refractivity contribution in [2.75, 3.05) is 26.3 Å². The lowest BCUT2D eigenvalue weighted by Gasteiger charge is -2.30. The highest BCUT2D eigenvalue weighted by atomic mass is 16.5. The first kappa shape index (κ1) is 19.8. The summed E-state index contributed by atoms with van der Waals surface area (Å²) in [5.41, 5.74) is 0.788. The van der Waals surface area contributed by atoms with E-state index >= 15 is 0 Å². The Morgan fingerprint density at radius 2 is 1.73 bits per heavy atom. The number of benzene rings is 2. The minimum Gasteiger partial charge on any atom is -0.446 e. The SMILES string of the molecule is O=C(Cn1cnc2ccccc2c1=O)O[C@H](C(=O)N1CCOCC1)c1ccccc1. The van der Waals surface area contributed by atoms with E-state index in [0.717, 1.165) is 0 Å². The normalized spacial score (nSPS) is 15.0. The number of aromatic nitrogens is 2. The molecule has 1 aliphatic heterocycles. The summed E-state index contributed by atoms with van der Waals surface area (Å²) < 4.78 is 12.0. The Morgan fingerprint density at radius 1 is 1.03 bits per heavy atom. The maximum Gasteiger partial charge on any atom is 0.327 e. The van der Waals surface area contributed by atoms with Crippen LogP contribution in [0.15, 0.2) is 65.7 Å². The van der Waals surface area contributed by atoms with Gasteiger partial charge in [-0.25, -0.2) is 4.98 Å². The Hall–Kier alpha value is -3.52. The van der Waals surface area contributed by atoms with Crippen molar-refractivity contribution in [2.45, 2.75) is 12.6 Å². The van der Waals surface area contributed by atoms with Crippen molar-refractivity contribution in [3.8, 4) is 0 Å². The molecule has 1 saturated heterocycles. The lowest BCUT2D eigenvalue weighted by molar-refractivity contribution is -0.163. The van der Waals surface area contributed by atoms with E-state index in [0.29, 0.717) is 42.8 Å². The maximum absolute atomic E-state index is 13.0. The van der Waals surface area contributed by atoms with Crippen molar-refractivity contribution in [3.05, 3.63) is 76.8 Å². The average molecular weight is 407 g/mol. The van der Waals surface area contributed by atoms with Gasteiger partial charge in [-0.3, -0.25) is 19.0 Å². The van der Waals surface area contributed by atoms with Crippen LogP contribution in [0.25, 0.3) is 10.9 Å². The molecule has 2 aromatic carbocycles. The van der Waals surface area contributed by atoms with E-state index in [1.165, 1.54) is 10.9 Å². The molecular weight excluding hydrogens is 386 g/mol. The summed E-state index contributed by atoms with van der Waals surface area (Å²) in [4.78, 5) is 44.2. The Morgan fingerprint density at radius 3 is 2.50 bits per heavy atom. The maximum atomic E-state index is 13.0. The van der Waals surface area contributed by atoms with Crippen molar-refractivity contribution < 1.29 is 19.1 Å². The van der Waals surface area contributed by atoms with Gasteiger partial charge >= 0.3 is 5.97 Å². The standard InChI is InChI=1S/C22H21N3O5/c26-19(14-25-15-23-18-9-5-4-8-17(18)21(25)27)30-20(16-6-2-1-3-7-16)22(28)24-10-12-29-13-11-24/h1-9,15,20H,10-14H2/t20-/m0/s1. The molecule has 8 nitrogen and oxygen atoms in total. The molecule has 1 aromatic heterocycles. The third-order valence-electron chi connectivity index (χ3n) is 4.93. The van der Waals surface area contributed by atoms with Crippen LogP contribution in [0.3, 0.4) is 0 Å². The molecule has 0 bridgehead atoms. The van der Waals surface area contributed by atoms with Crippen molar-refractivity contribution >= 4 is 22.8 Å². The molecule has 0 aliphatic carbocycles. The topological polar surface area (TPSA) is 90.7 Å². The smallest absolute Gasteiger partial charge is 0.327 e. The minimum absolute atomic E-state index is 0.304. The Balaban J connectivity index is 1.55. The summed E-state index contributed by atoms with van der Waals surface area (Å²) in [5.74, 6) is -0.994. The van der Waals surface area contributed by atoms with Crippen molar-refractivity contribution in [1.82, 2.24) is 14.5 Å². The van der Waals surface area contributed by atoms with Crippen LogP contribution in [0, 0.1) is 0 Å². The zero-order valence-electron chi connectivity index (χ0n) is 16.3. The number of hydrogen-bond donors (Lipinski definition) is 0. The summed E-state index contributed by atoms with van der Waals surface area (Å²) in [6.45, 7) is 1.43. The van der Waals surface area contributed by atoms with Gasteiger partial charge in [-0.05, 0) is 12.1 Å². The third kappa shape index (κ3) is 4.23. The molecule has 1 amide bonds. The van der Waals surface area contributed by atoms with Crippen LogP contribution >= 0.6 is 0 Å². The van der Waals surface area contributed by atoms with Crippen molar-refractivity contribution in [2.24, 2.45) is 0 Å². The van der Waals surface area contributed by atoms with Crippen LogP contribution in [0.1, 0.15) is 11.7 Å². The van der Waals surface area contributed by atoms with Gasteiger partial charge in [-0.2, -0.15) is 0 Å². The predicted molar refractivity (Wildman–Crippen MR) is 109 cm³/mol. The highest BCUT2D eigenvalue weighted by molar-refractivity contribution is 5.85. The van der Waals surface area contributed by atoms with Gasteiger partial charge in [0, 0.05) is 18.7 Å². The summed E-state index contributed by atoms with van der Waals surface area (Å²) in [6.07, 6.45) is 0.230. The fourth-order valence-electron chi connectivity index (χ4n) is 3.36. The summed E-state index contributed by atoms with van der Waals surface area (Å²) >= 11 is 0. The fraction of sp³-hybridized carbons (Fsp3) is 0.273. The average Bonchev–Trinajstić information content (AvgIpc) is 2.80. The Bertz CT molecular complexity index is 1110. The van der Waals surface area contributed by atoms with Crippen LogP contribution in [-0.2, 0) is 25.6 Å². The zero-order chi connectivity index (χ0) is 20.9. The predicted octanol–water partition coefficient (Wildman–Crippen LogP) is 1.54. The number of amides is 1. The second kappa shape index (κ2) is 8.87. The van der Waals surface area contributed by atoms with E-state index in [9.17, 15) is 14.4 Å². The molecule has 0 spiro atoms. The number of nitrogens with zero attached hydrogens (tertiary/aromatic N) is 3. The highest BCUT2D eigenvalue weighted by Crippen LogP contribution is 2.21. The number of para-hydroxylation sites is 1. The van der Waals surface area contributed by atoms with Crippen LogP contribution in [0.5, 0.6) is 0 Å². The van der Waals surface area contributed by atoms with Crippen LogP contribution in [0.2, 0.25) is 0 Å². The first-order valence-electron chi connectivity index (χ1n) is 9.68. The van der Waals surface area contributed by atoms with Gasteiger partial charge in [0.1, 0.15) is 6.54 Å². The Labute approximate surface area is 172 Å². The van der Waals surface area contributed by atoms with Crippen molar-refractivity contribution in [3.63, 3.8) is 0 Å². The lowest BCUT2D eigenvalue weighted by atomic mass is 10.1. The number of rotatable bonds is 5. The van der Waals surface area contributed by atoms with Gasteiger partial charge in [0.2, 0.25) is 6.10 Å². The first-order chi connectivity index (χ1) is 14.6. The molecule has 0 N–H and O–H groups in total. The molecule has 3 aromatic rings. The second-order valence-corrected chi connectivity index (χ2v) is 6.91. The molecule has 1 aliphatic rings. The molecule has 1 fully saturated rings. The van der Waals surface area contributed by atoms with E-state index in [4.69, 9.17) is 9.47 Å². The van der Waals surface area contributed by atoms with E-state index in [1.807, 2.05) is 6.07 Å². The number of morpholine rings is 1. The van der Waals surface area contributed by atoms with Gasteiger partial charge in [-0.1, -0.05) is 42.5 Å². The summed E-state index contributed by atoms with van der Waals surface area (Å²) in [6, 6.07) is 15.8. The Kier molecular flexibility index (Phi) is 5.85. The zero-order valence-corrected chi connectivity index (χ0v) is 16.3. The minimum atomic E-state index is -1.08. The van der Waals surface area contributed by atoms with E-state index in [-0.39, 0.29) is 18.0 Å². The lowest BCUT2D eigenvalue weighted by Crippen LogP contribution is -2.44. The van der Waals surface area contributed by atoms with E-state index in [1.54, 1.807) is 53.4 Å². The van der Waals surface area contributed by atoms with Gasteiger partial charge in [0.05, 0.1) is 30.4 Å². The quantitative estimate of drug-likeness (QED) is 0.596. The number of fused-ring (bicyclic) bond motifs is 1. The van der Waals surface area contributed by atoms with Crippen LogP contribution in [0.4, 0.5) is 0 Å². The third-order valence-corrected chi connectivity index (χ3v) is 4.93. The molecule has 30 heavy (non-hydrogen) atoms. The van der Waals surface area contributed by atoms with Gasteiger partial charge in [0.15, 0.2) is 0 Å². The number of carbonyl (C=O) groups is 2. The van der Waals surface area contributed by atoms with Crippen LogP contribution < -0.4 is 5.56 Å². The number of ether oxygens (including phenoxy) is 2. The number of hydrogen-bond acceptors (Lipinski definition) is 6. The summed E-state index contributed by atoms with van der Waals surface area (Å²) in [5, 5.41) is 0.414. The summed E-state index contributed by atoms with van der Waals surface area (Å²) in [7, 11) is 0. The fourth-order valence-corrected chi connectivity index (χ4v) is 3.36. The van der Waals surface area contributed by atoms with Crippen molar-refractivity contribution in [1.29, 1.82) is 0 Å². The molecule has 1 atom stereocenters. The molecule has 0 saturated carbocycles. The molecule has 4 rings (SSSR count). The molecule has 8 heteroatoms. The van der Waals surface area contributed by atoms with Crippen LogP contribution in [-0.4, -0.2) is 52.6 Å². The monoisotopic (exact) mass is 407 g/mol. The highest BCUT2D eigenvalue weighted by Gasteiger charge is 2.30. The molecule has 0 unspecified atom stereocenters. The van der Waals surface area contributed by atoms with Gasteiger partial charge < -0.3 is 14.4 Å². The number of esters is 1. The molecule has 0 radical (unpaired) electrons. The largest absolute Gasteiger partial charge is 0.446 e. The second-order valence-electron chi connectivity index (χ2n) is 6.91. The molecule has 2 heterocycles. The first-order valence-corrected chi connectivity index (χ1v) is 9.68. The van der Waals surface area contributed by atoms with Gasteiger partial charge in [-0.15, -0.1) is 0 Å². The number of carbonyl (C=O) groups excluding carboxylic acids is 2. The van der Waals surface area contributed by atoms with Gasteiger partial charge in [0.25, 0.3) is 11.5 Å².